The predicted molar refractivity (Wildman–Crippen MR) is 79.2 cm³/mol. The van der Waals surface area contributed by atoms with Gasteiger partial charge in [-0.3, -0.25) is 9.58 Å². The SMILES string of the molecule is CCCN(Cc1cn(C)nc1CC)CC1CCCN1. The van der Waals surface area contributed by atoms with E-state index in [1.165, 1.54) is 50.2 Å². The first-order valence-corrected chi connectivity index (χ1v) is 7.70. The summed E-state index contributed by atoms with van der Waals surface area (Å²) in [4.78, 5) is 2.58. The van der Waals surface area contributed by atoms with Crippen LogP contribution in [0.3, 0.4) is 0 Å². The molecule has 0 spiro atoms. The average molecular weight is 264 g/mol. The lowest BCUT2D eigenvalue weighted by Crippen LogP contribution is -2.37. The molecule has 1 aromatic rings. The van der Waals surface area contributed by atoms with E-state index >= 15 is 0 Å². The van der Waals surface area contributed by atoms with Gasteiger partial charge in [-0.2, -0.15) is 5.10 Å². The van der Waals surface area contributed by atoms with Crippen LogP contribution in [-0.4, -0.2) is 40.4 Å². The first-order chi connectivity index (χ1) is 9.22. The van der Waals surface area contributed by atoms with E-state index in [0.29, 0.717) is 6.04 Å². The maximum atomic E-state index is 4.55. The van der Waals surface area contributed by atoms with Crippen LogP contribution in [0.15, 0.2) is 6.20 Å². The first kappa shape index (κ1) is 14.5. The summed E-state index contributed by atoms with van der Waals surface area (Å²) in [5.41, 5.74) is 2.65. The summed E-state index contributed by atoms with van der Waals surface area (Å²) in [7, 11) is 2.02. The zero-order valence-corrected chi connectivity index (χ0v) is 12.7. The molecule has 0 aliphatic carbocycles. The van der Waals surface area contributed by atoms with E-state index in [0.717, 1.165) is 13.0 Å². The normalized spacial score (nSPS) is 19.5. The van der Waals surface area contributed by atoms with Crippen LogP contribution in [-0.2, 0) is 20.0 Å². The molecule has 1 aliphatic heterocycles. The van der Waals surface area contributed by atoms with Crippen LogP contribution < -0.4 is 5.32 Å². The zero-order chi connectivity index (χ0) is 13.7. The minimum Gasteiger partial charge on any atom is -0.313 e. The standard InChI is InChI=1S/C15H28N4/c1-4-9-19(12-14-7-6-8-16-14)11-13-10-18(3)17-15(13)5-2/h10,14,16H,4-9,11-12H2,1-3H3. The molecule has 108 valence electrons. The molecule has 0 amide bonds. The van der Waals surface area contributed by atoms with Gasteiger partial charge >= 0.3 is 0 Å². The molecule has 4 nitrogen and oxygen atoms in total. The average Bonchev–Trinajstić information content (AvgIpc) is 2.99. The van der Waals surface area contributed by atoms with Crippen molar-refractivity contribution in [2.45, 2.75) is 52.1 Å². The summed E-state index contributed by atoms with van der Waals surface area (Å²) in [5.74, 6) is 0. The van der Waals surface area contributed by atoms with Gasteiger partial charge in [-0.25, -0.2) is 0 Å². The van der Waals surface area contributed by atoms with Gasteiger partial charge in [0.05, 0.1) is 5.69 Å². The maximum Gasteiger partial charge on any atom is 0.0666 e. The molecule has 1 fully saturated rings. The second-order valence-electron chi connectivity index (χ2n) is 5.66. The molecule has 1 unspecified atom stereocenters. The molecule has 0 aromatic carbocycles. The number of hydrogen-bond donors (Lipinski definition) is 1. The van der Waals surface area contributed by atoms with Gasteiger partial charge in [-0.05, 0) is 38.8 Å². The molecule has 2 rings (SSSR count). The van der Waals surface area contributed by atoms with Crippen molar-refractivity contribution in [1.29, 1.82) is 0 Å². The lowest BCUT2D eigenvalue weighted by atomic mass is 10.1. The highest BCUT2D eigenvalue weighted by atomic mass is 15.3. The van der Waals surface area contributed by atoms with Crippen LogP contribution >= 0.6 is 0 Å². The van der Waals surface area contributed by atoms with Crippen molar-refractivity contribution in [1.82, 2.24) is 20.0 Å². The van der Waals surface area contributed by atoms with Gasteiger partial charge in [0.2, 0.25) is 0 Å². The number of nitrogens with one attached hydrogen (secondary N) is 1. The number of aryl methyl sites for hydroxylation is 2. The van der Waals surface area contributed by atoms with E-state index < -0.39 is 0 Å². The van der Waals surface area contributed by atoms with Crippen molar-refractivity contribution < 1.29 is 0 Å². The number of rotatable bonds is 7. The molecule has 0 saturated carbocycles. The number of aromatic nitrogens is 2. The molecular weight excluding hydrogens is 236 g/mol. The molecule has 1 N–H and O–H groups in total. The van der Waals surface area contributed by atoms with Gasteiger partial charge in [-0.1, -0.05) is 13.8 Å². The molecular formula is C15H28N4. The molecule has 1 atom stereocenters. The Labute approximate surface area is 117 Å². The molecule has 2 heterocycles. The van der Waals surface area contributed by atoms with Crippen LogP contribution in [0.2, 0.25) is 0 Å². The Balaban J connectivity index is 1.97. The van der Waals surface area contributed by atoms with Gasteiger partial charge in [0.15, 0.2) is 0 Å². The Morgan fingerprint density at radius 1 is 1.47 bits per heavy atom. The van der Waals surface area contributed by atoms with Crippen molar-refractivity contribution in [3.8, 4) is 0 Å². The van der Waals surface area contributed by atoms with E-state index in [4.69, 9.17) is 0 Å². The Bertz CT molecular complexity index is 379. The molecule has 19 heavy (non-hydrogen) atoms. The summed E-state index contributed by atoms with van der Waals surface area (Å²) in [6.45, 7) is 9.04. The smallest absolute Gasteiger partial charge is 0.0666 e. The highest BCUT2D eigenvalue weighted by Gasteiger charge is 2.18. The molecule has 0 bridgehead atoms. The van der Waals surface area contributed by atoms with Gasteiger partial charge in [-0.15, -0.1) is 0 Å². The Morgan fingerprint density at radius 2 is 2.32 bits per heavy atom. The minimum atomic E-state index is 0.688. The highest BCUT2D eigenvalue weighted by molar-refractivity contribution is 5.16. The van der Waals surface area contributed by atoms with Crippen LogP contribution in [0, 0.1) is 0 Å². The second-order valence-corrected chi connectivity index (χ2v) is 5.66. The monoisotopic (exact) mass is 264 g/mol. The Kier molecular flexibility index (Phi) is 5.40. The van der Waals surface area contributed by atoms with E-state index in [1.54, 1.807) is 0 Å². The second kappa shape index (κ2) is 7.06. The summed E-state index contributed by atoms with van der Waals surface area (Å²) in [6.07, 6.45) is 7.08. The van der Waals surface area contributed by atoms with Gasteiger partial charge in [0.25, 0.3) is 0 Å². The quantitative estimate of drug-likeness (QED) is 0.817. The maximum absolute atomic E-state index is 4.55. The van der Waals surface area contributed by atoms with Crippen LogP contribution in [0.5, 0.6) is 0 Å². The van der Waals surface area contributed by atoms with Crippen molar-refractivity contribution >= 4 is 0 Å². The van der Waals surface area contributed by atoms with Gasteiger partial charge in [0.1, 0.15) is 0 Å². The van der Waals surface area contributed by atoms with E-state index in [9.17, 15) is 0 Å². The van der Waals surface area contributed by atoms with Gasteiger partial charge < -0.3 is 5.32 Å². The number of hydrogen-bond acceptors (Lipinski definition) is 3. The van der Waals surface area contributed by atoms with E-state index in [2.05, 4.69) is 35.4 Å². The fraction of sp³-hybridized carbons (Fsp3) is 0.800. The Morgan fingerprint density at radius 3 is 2.95 bits per heavy atom. The first-order valence-electron chi connectivity index (χ1n) is 7.70. The van der Waals surface area contributed by atoms with Crippen molar-refractivity contribution in [3.63, 3.8) is 0 Å². The molecule has 1 saturated heterocycles. The van der Waals surface area contributed by atoms with Crippen molar-refractivity contribution in [2.75, 3.05) is 19.6 Å². The van der Waals surface area contributed by atoms with Crippen molar-refractivity contribution in [3.05, 3.63) is 17.5 Å². The largest absolute Gasteiger partial charge is 0.313 e. The third-order valence-electron chi connectivity index (χ3n) is 3.90. The Hall–Kier alpha value is -0.870. The molecule has 0 radical (unpaired) electrons. The fourth-order valence-electron chi connectivity index (χ4n) is 3.03. The fourth-order valence-corrected chi connectivity index (χ4v) is 3.03. The topological polar surface area (TPSA) is 33.1 Å². The summed E-state index contributed by atoms with van der Waals surface area (Å²) in [5, 5.41) is 8.15. The third-order valence-corrected chi connectivity index (χ3v) is 3.90. The predicted octanol–water partition coefficient (Wildman–Crippen LogP) is 1.95. The summed E-state index contributed by atoms with van der Waals surface area (Å²) < 4.78 is 1.95. The molecule has 1 aromatic heterocycles. The lowest BCUT2D eigenvalue weighted by molar-refractivity contribution is 0.241. The molecule has 4 heteroatoms. The molecule has 1 aliphatic rings. The van der Waals surface area contributed by atoms with Gasteiger partial charge in [0, 0.05) is 37.9 Å². The summed E-state index contributed by atoms with van der Waals surface area (Å²) in [6, 6.07) is 0.688. The summed E-state index contributed by atoms with van der Waals surface area (Å²) >= 11 is 0. The third kappa shape index (κ3) is 4.05. The van der Waals surface area contributed by atoms with E-state index in [1.807, 2.05) is 11.7 Å². The van der Waals surface area contributed by atoms with E-state index in [-0.39, 0.29) is 0 Å². The lowest BCUT2D eigenvalue weighted by Gasteiger charge is -2.25. The van der Waals surface area contributed by atoms with Crippen LogP contribution in [0.1, 0.15) is 44.4 Å². The number of nitrogens with zero attached hydrogens (tertiary/aromatic N) is 3. The highest BCUT2D eigenvalue weighted by Crippen LogP contribution is 2.14. The van der Waals surface area contributed by atoms with Crippen LogP contribution in [0.25, 0.3) is 0 Å². The van der Waals surface area contributed by atoms with Crippen molar-refractivity contribution in [2.24, 2.45) is 7.05 Å². The van der Waals surface area contributed by atoms with Crippen LogP contribution in [0.4, 0.5) is 0 Å². The zero-order valence-electron chi connectivity index (χ0n) is 12.7. The minimum absolute atomic E-state index is 0.688.